The van der Waals surface area contributed by atoms with E-state index in [1.807, 2.05) is 35.2 Å². The lowest BCUT2D eigenvalue weighted by atomic mass is 10.2. The Hall–Kier alpha value is -2.54. The van der Waals surface area contributed by atoms with Gasteiger partial charge >= 0.3 is 0 Å². The van der Waals surface area contributed by atoms with Crippen LogP contribution in [0.1, 0.15) is 12.0 Å². The number of alkyl halides is 1. The highest BCUT2D eigenvalue weighted by Crippen LogP contribution is 2.27. The first-order chi connectivity index (χ1) is 12.7. The van der Waals surface area contributed by atoms with Crippen molar-refractivity contribution >= 4 is 27.0 Å². The minimum atomic E-state index is -0.355. The Labute approximate surface area is 158 Å². The third kappa shape index (κ3) is 3.39. The van der Waals surface area contributed by atoms with Crippen LogP contribution in [0.2, 0.25) is 0 Å². The molecule has 5 nitrogen and oxygen atoms in total. The van der Waals surface area contributed by atoms with E-state index in [0.717, 1.165) is 32.5 Å². The molecule has 3 heterocycles. The third-order valence-electron chi connectivity index (χ3n) is 4.20. The van der Waals surface area contributed by atoms with Crippen molar-refractivity contribution in [1.29, 1.82) is 0 Å². The Morgan fingerprint density at radius 3 is 2.85 bits per heavy atom. The van der Waals surface area contributed by atoms with Crippen LogP contribution in [0.5, 0.6) is 0 Å². The first kappa shape index (κ1) is 16.9. The molecule has 0 N–H and O–H groups in total. The van der Waals surface area contributed by atoms with E-state index in [0.29, 0.717) is 19.5 Å². The maximum absolute atomic E-state index is 12.8. The fourth-order valence-electron chi connectivity index (χ4n) is 3.05. The molecule has 0 unspecified atom stereocenters. The second kappa shape index (κ2) is 7.37. The van der Waals surface area contributed by atoms with Crippen molar-refractivity contribution in [3.8, 4) is 11.4 Å². The van der Waals surface area contributed by atoms with Crippen molar-refractivity contribution in [1.82, 2.24) is 24.1 Å². The van der Waals surface area contributed by atoms with Crippen LogP contribution in [-0.2, 0) is 13.1 Å². The van der Waals surface area contributed by atoms with Gasteiger partial charge in [-0.05, 0) is 36.2 Å². The van der Waals surface area contributed by atoms with Crippen molar-refractivity contribution in [3.05, 3.63) is 65.4 Å². The summed E-state index contributed by atoms with van der Waals surface area (Å²) in [5, 5.41) is 0. The number of aryl methyl sites for hydroxylation is 1. The first-order valence-electron chi connectivity index (χ1n) is 8.36. The smallest absolute Gasteiger partial charge is 0.142 e. The molecule has 0 amide bonds. The Bertz CT molecular complexity index is 1030. The van der Waals surface area contributed by atoms with Crippen LogP contribution < -0.4 is 0 Å². The quantitative estimate of drug-likeness (QED) is 0.468. The number of fused-ring (bicyclic) bond motifs is 1. The molecule has 0 aliphatic rings. The lowest BCUT2D eigenvalue weighted by molar-refractivity contribution is 0.450. The maximum atomic E-state index is 12.8. The van der Waals surface area contributed by atoms with Crippen LogP contribution in [0.15, 0.2) is 59.9 Å². The largest absolute Gasteiger partial charge is 0.333 e. The fraction of sp³-hybridized carbons (Fsp3) is 0.211. The number of hydrogen-bond acceptors (Lipinski definition) is 3. The molecule has 0 aliphatic carbocycles. The van der Waals surface area contributed by atoms with Crippen LogP contribution in [-0.4, -0.2) is 30.8 Å². The van der Waals surface area contributed by atoms with Crippen LogP contribution in [0.25, 0.3) is 22.4 Å². The topological polar surface area (TPSA) is 48.5 Å². The average Bonchev–Trinajstić information content (AvgIpc) is 3.27. The fourth-order valence-corrected chi connectivity index (χ4v) is 3.40. The molecule has 7 heteroatoms. The molecule has 0 atom stereocenters. The van der Waals surface area contributed by atoms with Gasteiger partial charge in [-0.25, -0.2) is 9.97 Å². The van der Waals surface area contributed by atoms with Gasteiger partial charge in [0.25, 0.3) is 0 Å². The van der Waals surface area contributed by atoms with E-state index in [2.05, 4.69) is 36.5 Å². The molecule has 0 saturated heterocycles. The summed E-state index contributed by atoms with van der Waals surface area (Å²) >= 11 is 3.51. The normalized spacial score (nSPS) is 11.3. The highest BCUT2D eigenvalue weighted by atomic mass is 79.9. The van der Waals surface area contributed by atoms with Gasteiger partial charge in [0.05, 0.1) is 30.6 Å². The van der Waals surface area contributed by atoms with E-state index >= 15 is 0 Å². The van der Waals surface area contributed by atoms with E-state index in [4.69, 9.17) is 4.98 Å². The number of pyridine rings is 1. The molecule has 0 fully saturated rings. The summed E-state index contributed by atoms with van der Waals surface area (Å²) in [6, 6.07) is 8.03. The average molecular weight is 414 g/mol. The molecule has 4 rings (SSSR count). The molecule has 0 radical (unpaired) electrons. The van der Waals surface area contributed by atoms with Gasteiger partial charge < -0.3 is 9.13 Å². The minimum absolute atomic E-state index is 0.355. The van der Waals surface area contributed by atoms with Gasteiger partial charge in [0.2, 0.25) is 0 Å². The van der Waals surface area contributed by atoms with Crippen molar-refractivity contribution < 1.29 is 4.39 Å². The van der Waals surface area contributed by atoms with E-state index in [-0.39, 0.29) is 6.67 Å². The van der Waals surface area contributed by atoms with Gasteiger partial charge in [0.1, 0.15) is 5.82 Å². The maximum Gasteiger partial charge on any atom is 0.142 e. The zero-order valence-electron chi connectivity index (χ0n) is 14.0. The Balaban J connectivity index is 1.78. The highest BCUT2D eigenvalue weighted by molar-refractivity contribution is 9.10. The summed E-state index contributed by atoms with van der Waals surface area (Å²) in [6.45, 7) is 0.910. The van der Waals surface area contributed by atoms with Crippen LogP contribution in [0, 0.1) is 0 Å². The van der Waals surface area contributed by atoms with Gasteiger partial charge in [-0.15, -0.1) is 0 Å². The molecular formula is C19H17BrFN5. The zero-order valence-corrected chi connectivity index (χ0v) is 15.6. The van der Waals surface area contributed by atoms with E-state index in [9.17, 15) is 4.39 Å². The van der Waals surface area contributed by atoms with Crippen LogP contribution in [0.4, 0.5) is 4.39 Å². The van der Waals surface area contributed by atoms with Gasteiger partial charge in [-0.1, -0.05) is 15.9 Å². The summed E-state index contributed by atoms with van der Waals surface area (Å²) in [6.07, 6.45) is 9.55. The Kier molecular flexibility index (Phi) is 4.79. The van der Waals surface area contributed by atoms with Gasteiger partial charge in [-0.3, -0.25) is 9.37 Å². The number of nitrogens with zero attached hydrogens (tertiary/aromatic N) is 5. The van der Waals surface area contributed by atoms with E-state index in [1.54, 1.807) is 18.7 Å². The summed E-state index contributed by atoms with van der Waals surface area (Å²) in [5.74, 6) is 0.812. The lowest BCUT2D eigenvalue weighted by Crippen LogP contribution is -2.03. The molecule has 132 valence electrons. The van der Waals surface area contributed by atoms with Crippen LogP contribution in [0.3, 0.4) is 0 Å². The van der Waals surface area contributed by atoms with Crippen molar-refractivity contribution in [2.45, 2.75) is 19.5 Å². The Morgan fingerprint density at radius 2 is 2.04 bits per heavy atom. The number of aromatic nitrogens is 5. The molecule has 0 spiro atoms. The summed E-state index contributed by atoms with van der Waals surface area (Å²) in [5.41, 5.74) is 3.87. The van der Waals surface area contributed by atoms with Crippen molar-refractivity contribution in [2.24, 2.45) is 0 Å². The molecule has 0 aliphatic heterocycles. The van der Waals surface area contributed by atoms with Gasteiger partial charge in [0.15, 0.2) is 0 Å². The molecule has 26 heavy (non-hydrogen) atoms. The number of rotatable bonds is 6. The number of hydrogen-bond donors (Lipinski definition) is 0. The summed E-state index contributed by atoms with van der Waals surface area (Å²) < 4.78 is 17.8. The molecule has 0 bridgehead atoms. The molecule has 0 saturated carbocycles. The summed E-state index contributed by atoms with van der Waals surface area (Å²) in [7, 11) is 0. The molecule has 4 aromatic rings. The van der Waals surface area contributed by atoms with Crippen molar-refractivity contribution in [2.75, 3.05) is 6.67 Å². The van der Waals surface area contributed by atoms with E-state index in [1.165, 1.54) is 0 Å². The number of benzene rings is 1. The summed E-state index contributed by atoms with van der Waals surface area (Å²) in [4.78, 5) is 13.2. The predicted octanol–water partition coefficient (Wildman–Crippen LogP) is 4.47. The first-order valence-corrected chi connectivity index (χ1v) is 9.15. The van der Waals surface area contributed by atoms with Gasteiger partial charge in [-0.2, -0.15) is 0 Å². The second-order valence-corrected chi connectivity index (χ2v) is 7.00. The predicted molar refractivity (Wildman–Crippen MR) is 103 cm³/mol. The molecule has 3 aromatic heterocycles. The second-order valence-electron chi connectivity index (χ2n) is 6.08. The SMILES string of the molecule is FCCCn1c(-c2cncc(Cn3ccnc3)c2)nc2ccc(Br)cc21. The van der Waals surface area contributed by atoms with Crippen LogP contribution >= 0.6 is 15.9 Å². The standard InChI is InChI=1S/C19H17BrFN5/c20-16-2-3-17-18(9-16)26(6-1-4-21)19(24-17)15-8-14(10-23-11-15)12-25-7-5-22-13-25/h2-3,5,7-11,13H,1,4,6,12H2. The number of imidazole rings is 2. The Morgan fingerprint density at radius 1 is 1.12 bits per heavy atom. The zero-order chi connectivity index (χ0) is 17.9. The highest BCUT2D eigenvalue weighted by Gasteiger charge is 2.14. The monoisotopic (exact) mass is 413 g/mol. The number of halogens is 2. The van der Waals surface area contributed by atoms with Crippen molar-refractivity contribution in [3.63, 3.8) is 0 Å². The lowest BCUT2D eigenvalue weighted by Gasteiger charge is -2.09. The van der Waals surface area contributed by atoms with E-state index < -0.39 is 0 Å². The van der Waals surface area contributed by atoms with Gasteiger partial charge in [0, 0.05) is 41.4 Å². The minimum Gasteiger partial charge on any atom is -0.333 e. The third-order valence-corrected chi connectivity index (χ3v) is 4.70. The molecule has 1 aromatic carbocycles. The molecular weight excluding hydrogens is 397 g/mol.